The van der Waals surface area contributed by atoms with Crippen molar-refractivity contribution in [1.82, 2.24) is 21.2 Å². The molecule has 6 heteroatoms. The number of hydrogen-bond donors (Lipinski definition) is 3. The third-order valence-corrected chi connectivity index (χ3v) is 3.89. The summed E-state index contributed by atoms with van der Waals surface area (Å²) in [5.41, 5.74) is 8.16. The smallest absolute Gasteiger partial charge is 0.238 e. The topological polar surface area (TPSA) is 75.3 Å². The van der Waals surface area contributed by atoms with Gasteiger partial charge in [-0.25, -0.2) is 10.9 Å². The summed E-state index contributed by atoms with van der Waals surface area (Å²) in [5.74, 6) is 0.779. The van der Waals surface area contributed by atoms with Crippen LogP contribution in [0.2, 0.25) is 0 Å². The lowest BCUT2D eigenvalue weighted by Crippen LogP contribution is -2.42. The van der Waals surface area contributed by atoms with Crippen molar-refractivity contribution in [2.75, 3.05) is 7.11 Å². The minimum absolute atomic E-state index is 0.0338. The third-order valence-electron chi connectivity index (χ3n) is 3.89. The number of methoxy groups -OCH3 is 1. The molecule has 0 radical (unpaired) electrons. The molecular formula is C17H20N4O2. The summed E-state index contributed by atoms with van der Waals surface area (Å²) in [6, 6.07) is 13.3. The van der Waals surface area contributed by atoms with E-state index in [2.05, 4.69) is 21.2 Å². The Labute approximate surface area is 135 Å². The molecule has 6 nitrogen and oxygen atoms in total. The van der Waals surface area contributed by atoms with E-state index in [-0.39, 0.29) is 18.0 Å². The highest BCUT2D eigenvalue weighted by atomic mass is 16.5. The van der Waals surface area contributed by atoms with Gasteiger partial charge in [0.25, 0.3) is 0 Å². The number of pyridine rings is 1. The first-order valence-corrected chi connectivity index (χ1v) is 7.59. The van der Waals surface area contributed by atoms with Crippen LogP contribution in [0.3, 0.4) is 0 Å². The minimum atomic E-state index is -0.269. The summed E-state index contributed by atoms with van der Waals surface area (Å²) < 4.78 is 5.24. The van der Waals surface area contributed by atoms with E-state index in [0.29, 0.717) is 13.0 Å². The number of nitrogens with zero attached hydrogens (tertiary/aromatic N) is 1. The lowest BCUT2D eigenvalue weighted by Gasteiger charge is -2.11. The van der Waals surface area contributed by atoms with Gasteiger partial charge in [-0.2, -0.15) is 0 Å². The van der Waals surface area contributed by atoms with Crippen molar-refractivity contribution in [2.45, 2.75) is 25.0 Å². The zero-order chi connectivity index (χ0) is 16.1. The van der Waals surface area contributed by atoms with Gasteiger partial charge in [-0.15, -0.1) is 0 Å². The summed E-state index contributed by atoms with van der Waals surface area (Å²) in [6.07, 6.45) is 2.40. The molecule has 1 saturated heterocycles. The third kappa shape index (κ3) is 3.85. The maximum Gasteiger partial charge on any atom is 0.238 e. The maximum atomic E-state index is 12.3. The van der Waals surface area contributed by atoms with Crippen LogP contribution in [-0.2, 0) is 11.3 Å². The molecule has 23 heavy (non-hydrogen) atoms. The van der Waals surface area contributed by atoms with Gasteiger partial charge >= 0.3 is 0 Å². The van der Waals surface area contributed by atoms with Gasteiger partial charge in [-0.1, -0.05) is 18.2 Å². The van der Waals surface area contributed by atoms with Crippen molar-refractivity contribution in [3.05, 3.63) is 59.9 Å². The second-order valence-corrected chi connectivity index (χ2v) is 5.45. The molecule has 1 aromatic heterocycles. The molecule has 2 atom stereocenters. The van der Waals surface area contributed by atoms with Crippen molar-refractivity contribution < 1.29 is 9.53 Å². The number of amides is 1. The van der Waals surface area contributed by atoms with Crippen LogP contribution in [0.4, 0.5) is 0 Å². The second-order valence-electron chi connectivity index (χ2n) is 5.45. The summed E-state index contributed by atoms with van der Waals surface area (Å²) >= 11 is 0. The lowest BCUT2D eigenvalue weighted by molar-refractivity contribution is -0.123. The highest BCUT2D eigenvalue weighted by Crippen LogP contribution is 2.25. The minimum Gasteiger partial charge on any atom is -0.497 e. The Morgan fingerprint density at radius 2 is 2.22 bits per heavy atom. The van der Waals surface area contributed by atoms with Crippen molar-refractivity contribution >= 4 is 5.91 Å². The van der Waals surface area contributed by atoms with Crippen molar-refractivity contribution in [2.24, 2.45) is 0 Å². The number of carbonyl (C=O) groups is 1. The van der Waals surface area contributed by atoms with E-state index in [0.717, 1.165) is 17.0 Å². The Bertz CT molecular complexity index is 663. The van der Waals surface area contributed by atoms with E-state index in [1.165, 1.54) is 0 Å². The summed E-state index contributed by atoms with van der Waals surface area (Å²) in [7, 11) is 1.65. The molecule has 1 amide bonds. The zero-order valence-electron chi connectivity index (χ0n) is 13.0. The number of aromatic nitrogens is 1. The molecule has 1 fully saturated rings. The molecule has 2 unspecified atom stereocenters. The Morgan fingerprint density at radius 1 is 1.30 bits per heavy atom. The first-order valence-electron chi connectivity index (χ1n) is 7.59. The van der Waals surface area contributed by atoms with Gasteiger partial charge in [0.15, 0.2) is 0 Å². The van der Waals surface area contributed by atoms with Gasteiger partial charge in [0.2, 0.25) is 5.91 Å². The molecule has 1 aliphatic rings. The standard InChI is InChI=1S/C17H20N4O2/c1-23-14-7-4-5-12(9-14)15-10-16(21-20-15)17(22)19-11-13-6-2-3-8-18-13/h2-9,15-16,20-21H,10-11H2,1H3,(H,19,22). The maximum absolute atomic E-state index is 12.3. The Morgan fingerprint density at radius 3 is 3.00 bits per heavy atom. The molecule has 0 aliphatic carbocycles. The molecule has 2 aromatic rings. The first-order chi connectivity index (χ1) is 11.3. The first kappa shape index (κ1) is 15.5. The molecule has 2 heterocycles. The van der Waals surface area contributed by atoms with E-state index >= 15 is 0 Å². The molecule has 1 aromatic carbocycles. The Kier molecular flexibility index (Phi) is 4.85. The van der Waals surface area contributed by atoms with Crippen LogP contribution < -0.4 is 20.9 Å². The number of ether oxygens (including phenoxy) is 1. The van der Waals surface area contributed by atoms with Gasteiger partial charge in [-0.05, 0) is 36.2 Å². The van der Waals surface area contributed by atoms with Gasteiger partial charge in [0.05, 0.1) is 19.3 Å². The van der Waals surface area contributed by atoms with E-state index in [1.807, 2.05) is 42.5 Å². The average Bonchev–Trinajstić information content (AvgIpc) is 3.11. The van der Waals surface area contributed by atoms with Gasteiger partial charge in [0.1, 0.15) is 11.8 Å². The van der Waals surface area contributed by atoms with Crippen molar-refractivity contribution in [3.63, 3.8) is 0 Å². The number of hydrogen-bond acceptors (Lipinski definition) is 5. The molecule has 0 saturated carbocycles. The fourth-order valence-electron chi connectivity index (χ4n) is 2.61. The lowest BCUT2D eigenvalue weighted by atomic mass is 10.0. The number of benzene rings is 1. The highest BCUT2D eigenvalue weighted by Gasteiger charge is 2.30. The summed E-state index contributed by atoms with van der Waals surface area (Å²) in [6.45, 7) is 0.432. The van der Waals surface area contributed by atoms with E-state index in [4.69, 9.17) is 4.74 Å². The van der Waals surface area contributed by atoms with Crippen LogP contribution in [0.1, 0.15) is 23.7 Å². The van der Waals surface area contributed by atoms with Gasteiger partial charge < -0.3 is 10.1 Å². The summed E-state index contributed by atoms with van der Waals surface area (Å²) in [4.78, 5) is 16.4. The van der Waals surface area contributed by atoms with Crippen LogP contribution >= 0.6 is 0 Å². The monoisotopic (exact) mass is 312 g/mol. The molecule has 1 aliphatic heterocycles. The van der Waals surface area contributed by atoms with Gasteiger partial charge in [0, 0.05) is 12.2 Å². The molecule has 3 rings (SSSR count). The SMILES string of the molecule is COc1cccc(C2CC(C(=O)NCc3ccccn3)NN2)c1. The fourth-order valence-corrected chi connectivity index (χ4v) is 2.61. The van der Waals surface area contributed by atoms with Crippen LogP contribution in [-0.4, -0.2) is 24.0 Å². The largest absolute Gasteiger partial charge is 0.497 e. The average molecular weight is 312 g/mol. The highest BCUT2D eigenvalue weighted by molar-refractivity contribution is 5.82. The fraction of sp³-hybridized carbons (Fsp3) is 0.294. The second kappa shape index (κ2) is 7.21. The molecule has 0 spiro atoms. The van der Waals surface area contributed by atoms with E-state index in [9.17, 15) is 4.79 Å². The quantitative estimate of drug-likeness (QED) is 0.776. The molecule has 0 bridgehead atoms. The molecular weight excluding hydrogens is 292 g/mol. The van der Waals surface area contributed by atoms with Crippen molar-refractivity contribution in [3.8, 4) is 5.75 Å². The zero-order valence-corrected chi connectivity index (χ0v) is 13.0. The van der Waals surface area contributed by atoms with E-state index < -0.39 is 0 Å². The Balaban J connectivity index is 1.55. The molecule has 3 N–H and O–H groups in total. The number of hydrazine groups is 1. The number of carbonyl (C=O) groups excluding carboxylic acids is 1. The Hall–Kier alpha value is -2.44. The van der Waals surface area contributed by atoms with Crippen LogP contribution in [0.15, 0.2) is 48.7 Å². The van der Waals surface area contributed by atoms with Crippen LogP contribution in [0, 0.1) is 0 Å². The van der Waals surface area contributed by atoms with Gasteiger partial charge in [-0.3, -0.25) is 9.78 Å². The summed E-state index contributed by atoms with van der Waals surface area (Å²) in [5, 5.41) is 2.91. The van der Waals surface area contributed by atoms with E-state index in [1.54, 1.807) is 13.3 Å². The number of rotatable bonds is 5. The normalized spacial score (nSPS) is 20.2. The van der Waals surface area contributed by atoms with Crippen molar-refractivity contribution in [1.29, 1.82) is 0 Å². The van der Waals surface area contributed by atoms with Crippen LogP contribution in [0.25, 0.3) is 0 Å². The van der Waals surface area contributed by atoms with Crippen LogP contribution in [0.5, 0.6) is 5.75 Å². The molecule has 120 valence electrons. The number of nitrogens with one attached hydrogen (secondary N) is 3. The predicted molar refractivity (Wildman–Crippen MR) is 86.5 cm³/mol. The predicted octanol–water partition coefficient (Wildman–Crippen LogP) is 1.31.